The Hall–Kier alpha value is -2.34. The number of carbonyl (C=O) groups is 3. The molecule has 0 spiro atoms. The normalized spacial score (nSPS) is 17.9. The fourth-order valence-electron chi connectivity index (χ4n) is 2.84. The summed E-state index contributed by atoms with van der Waals surface area (Å²) < 4.78 is 5.11. The van der Waals surface area contributed by atoms with Crippen molar-refractivity contribution < 1.29 is 24.2 Å². The van der Waals surface area contributed by atoms with Crippen molar-refractivity contribution in [1.82, 2.24) is 4.90 Å². The molecule has 1 amide bonds. The summed E-state index contributed by atoms with van der Waals surface area (Å²) in [6.07, 6.45) is -0.0392. The summed E-state index contributed by atoms with van der Waals surface area (Å²) in [6.45, 7) is 2.91. The van der Waals surface area contributed by atoms with E-state index in [4.69, 9.17) is 21.4 Å². The zero-order valence-corrected chi connectivity index (χ0v) is 14.2. The second-order valence-electron chi connectivity index (χ2n) is 5.37. The van der Waals surface area contributed by atoms with Crippen molar-refractivity contribution in [2.75, 3.05) is 13.2 Å². The van der Waals surface area contributed by atoms with Crippen LogP contribution in [-0.4, -0.2) is 41.0 Å². The average molecular weight is 352 g/mol. The van der Waals surface area contributed by atoms with Crippen LogP contribution in [0.2, 0.25) is 5.02 Å². The number of esters is 1. The number of carboxylic acid groups (broad SMARTS) is 1. The van der Waals surface area contributed by atoms with Gasteiger partial charge in [0.25, 0.3) is 0 Å². The van der Waals surface area contributed by atoms with Gasteiger partial charge in [0.2, 0.25) is 5.91 Å². The Morgan fingerprint density at radius 3 is 2.62 bits per heavy atom. The molecule has 1 aliphatic rings. The Kier molecular flexibility index (Phi) is 5.62. The molecule has 0 radical (unpaired) electrons. The molecule has 1 aliphatic heterocycles. The van der Waals surface area contributed by atoms with E-state index >= 15 is 0 Å². The molecule has 1 unspecified atom stereocenters. The molecule has 1 heterocycles. The molecule has 0 aliphatic carbocycles. The fraction of sp³-hybridized carbons (Fsp3) is 0.353. The summed E-state index contributed by atoms with van der Waals surface area (Å²) >= 11 is 6.23. The van der Waals surface area contributed by atoms with E-state index in [1.807, 2.05) is 0 Å². The summed E-state index contributed by atoms with van der Waals surface area (Å²) in [6, 6.07) is 6.96. The van der Waals surface area contributed by atoms with Crippen LogP contribution >= 0.6 is 11.6 Å². The molecule has 1 N–H and O–H groups in total. The fourth-order valence-corrected chi connectivity index (χ4v) is 3.10. The number of halogens is 1. The predicted octanol–water partition coefficient (Wildman–Crippen LogP) is 2.58. The smallest absolute Gasteiger partial charge is 0.336 e. The third kappa shape index (κ3) is 3.59. The van der Waals surface area contributed by atoms with Gasteiger partial charge >= 0.3 is 11.9 Å². The minimum absolute atomic E-state index is 0.0392. The van der Waals surface area contributed by atoms with Crippen molar-refractivity contribution in [1.29, 1.82) is 0 Å². The first-order valence-electron chi connectivity index (χ1n) is 7.51. The lowest BCUT2D eigenvalue weighted by molar-refractivity contribution is -0.145. The molecule has 2 rings (SSSR count). The van der Waals surface area contributed by atoms with Crippen LogP contribution in [-0.2, 0) is 19.1 Å². The topological polar surface area (TPSA) is 83.9 Å². The van der Waals surface area contributed by atoms with Gasteiger partial charge in [-0.05, 0) is 25.5 Å². The molecule has 128 valence electrons. The van der Waals surface area contributed by atoms with Crippen LogP contribution in [0.5, 0.6) is 0 Å². The molecule has 0 saturated heterocycles. The summed E-state index contributed by atoms with van der Waals surface area (Å²) in [5, 5.41) is 9.44. The number of aliphatic carboxylic acids is 1. The van der Waals surface area contributed by atoms with Crippen LogP contribution in [0.4, 0.5) is 0 Å². The van der Waals surface area contributed by atoms with Crippen molar-refractivity contribution in [3.63, 3.8) is 0 Å². The van der Waals surface area contributed by atoms with Gasteiger partial charge in [-0.15, -0.1) is 0 Å². The first kappa shape index (κ1) is 18.0. The molecule has 0 fully saturated rings. The number of hydrogen-bond donors (Lipinski definition) is 1. The highest BCUT2D eigenvalue weighted by Crippen LogP contribution is 2.39. The lowest BCUT2D eigenvalue weighted by atomic mass is 9.83. The van der Waals surface area contributed by atoms with E-state index in [9.17, 15) is 14.4 Å². The van der Waals surface area contributed by atoms with Crippen molar-refractivity contribution >= 4 is 29.4 Å². The lowest BCUT2D eigenvalue weighted by Crippen LogP contribution is -2.41. The second-order valence-corrected chi connectivity index (χ2v) is 5.78. The standard InChI is InChI=1S/C17H18ClNO5/c1-3-24-17(23)16-10(2)19(9-15(21)22)14(20)8-12(16)11-6-4-5-7-13(11)18/h4-7,12H,3,8-9H2,1-2H3,(H,21,22). The highest BCUT2D eigenvalue weighted by Gasteiger charge is 2.38. The summed E-state index contributed by atoms with van der Waals surface area (Å²) in [7, 11) is 0. The molecule has 0 aromatic heterocycles. The van der Waals surface area contributed by atoms with Gasteiger partial charge in [-0.2, -0.15) is 0 Å². The molecule has 1 aromatic rings. The highest BCUT2D eigenvalue weighted by molar-refractivity contribution is 6.31. The minimum atomic E-state index is -1.15. The molecule has 1 aromatic carbocycles. The number of amides is 1. The maximum Gasteiger partial charge on any atom is 0.336 e. The van der Waals surface area contributed by atoms with E-state index in [1.54, 1.807) is 38.1 Å². The Morgan fingerprint density at radius 2 is 2.04 bits per heavy atom. The van der Waals surface area contributed by atoms with Crippen molar-refractivity contribution in [3.05, 3.63) is 46.1 Å². The third-order valence-electron chi connectivity index (χ3n) is 3.89. The Balaban J connectivity index is 2.56. The molecular formula is C17H18ClNO5. The number of hydrogen-bond acceptors (Lipinski definition) is 4. The number of rotatable bonds is 5. The van der Waals surface area contributed by atoms with Crippen LogP contribution in [0, 0.1) is 0 Å². The lowest BCUT2D eigenvalue weighted by Gasteiger charge is -2.33. The monoisotopic (exact) mass is 351 g/mol. The maximum absolute atomic E-state index is 12.4. The van der Waals surface area contributed by atoms with Crippen molar-refractivity contribution in [2.45, 2.75) is 26.2 Å². The number of ether oxygens (including phenoxy) is 1. The zero-order chi connectivity index (χ0) is 17.9. The van der Waals surface area contributed by atoms with Gasteiger partial charge in [-0.1, -0.05) is 29.8 Å². The quantitative estimate of drug-likeness (QED) is 0.824. The van der Waals surface area contributed by atoms with Crippen LogP contribution in [0.3, 0.4) is 0 Å². The molecule has 0 bridgehead atoms. The Labute approximate surface area is 144 Å². The Morgan fingerprint density at radius 1 is 1.38 bits per heavy atom. The summed E-state index contributed by atoms with van der Waals surface area (Å²) in [4.78, 5) is 36.9. The number of carboxylic acids is 1. The van der Waals surface area contributed by atoms with E-state index < -0.39 is 24.4 Å². The predicted molar refractivity (Wildman–Crippen MR) is 87.5 cm³/mol. The van der Waals surface area contributed by atoms with Crippen molar-refractivity contribution in [3.8, 4) is 0 Å². The zero-order valence-electron chi connectivity index (χ0n) is 13.4. The number of allylic oxidation sites excluding steroid dienone is 1. The average Bonchev–Trinajstić information content (AvgIpc) is 2.51. The largest absolute Gasteiger partial charge is 0.480 e. The summed E-state index contributed by atoms with van der Waals surface area (Å²) in [5.41, 5.74) is 1.20. The molecule has 24 heavy (non-hydrogen) atoms. The van der Waals surface area contributed by atoms with E-state index in [0.717, 1.165) is 4.90 Å². The molecule has 0 saturated carbocycles. The number of nitrogens with zero attached hydrogens (tertiary/aromatic N) is 1. The third-order valence-corrected chi connectivity index (χ3v) is 4.24. The summed E-state index contributed by atoms with van der Waals surface area (Å²) in [5.74, 6) is -2.65. The highest BCUT2D eigenvalue weighted by atomic mass is 35.5. The van der Waals surface area contributed by atoms with Gasteiger partial charge in [-0.25, -0.2) is 4.79 Å². The van der Waals surface area contributed by atoms with Gasteiger partial charge < -0.3 is 14.7 Å². The van der Waals surface area contributed by atoms with Crippen LogP contribution in [0.15, 0.2) is 35.5 Å². The van der Waals surface area contributed by atoms with Crippen LogP contribution < -0.4 is 0 Å². The van der Waals surface area contributed by atoms with E-state index in [2.05, 4.69) is 0 Å². The van der Waals surface area contributed by atoms with Gasteiger partial charge in [-0.3, -0.25) is 9.59 Å². The maximum atomic E-state index is 12.4. The van der Waals surface area contributed by atoms with Gasteiger partial charge in [0.15, 0.2) is 0 Å². The van der Waals surface area contributed by atoms with E-state index in [1.165, 1.54) is 0 Å². The van der Waals surface area contributed by atoms with Gasteiger partial charge in [0, 0.05) is 23.1 Å². The van der Waals surface area contributed by atoms with E-state index in [0.29, 0.717) is 10.6 Å². The first-order valence-corrected chi connectivity index (χ1v) is 7.89. The first-order chi connectivity index (χ1) is 11.4. The second kappa shape index (κ2) is 7.49. The van der Waals surface area contributed by atoms with Gasteiger partial charge in [0.05, 0.1) is 12.2 Å². The number of carbonyl (C=O) groups excluding carboxylic acids is 2. The molecule has 1 atom stereocenters. The molecular weight excluding hydrogens is 334 g/mol. The van der Waals surface area contributed by atoms with Crippen LogP contribution in [0.25, 0.3) is 0 Å². The molecule has 7 heteroatoms. The minimum Gasteiger partial charge on any atom is -0.480 e. The molecule has 6 nitrogen and oxygen atoms in total. The van der Waals surface area contributed by atoms with Crippen LogP contribution in [0.1, 0.15) is 31.7 Å². The van der Waals surface area contributed by atoms with Gasteiger partial charge in [0.1, 0.15) is 6.54 Å². The van der Waals surface area contributed by atoms with E-state index in [-0.39, 0.29) is 30.2 Å². The number of benzene rings is 1. The Bertz CT molecular complexity index is 713. The SMILES string of the molecule is CCOC(=O)C1=C(C)N(CC(=O)O)C(=O)CC1c1ccccc1Cl. The van der Waals surface area contributed by atoms with Crippen molar-refractivity contribution in [2.24, 2.45) is 0 Å².